The van der Waals surface area contributed by atoms with Crippen LogP contribution in [0.25, 0.3) is 6.08 Å². The zero-order valence-corrected chi connectivity index (χ0v) is 11.4. The van der Waals surface area contributed by atoms with Gasteiger partial charge in [0.25, 0.3) is 5.24 Å². The highest BCUT2D eigenvalue weighted by molar-refractivity contribution is 6.68. The Bertz CT molecular complexity index is 588. The number of rotatable bonds is 4. The van der Waals surface area contributed by atoms with Gasteiger partial charge in [0.05, 0.1) is 5.56 Å². The summed E-state index contributed by atoms with van der Waals surface area (Å²) in [5, 5.41) is -0.958. The number of carbonyl (C=O) groups is 1. The van der Waals surface area contributed by atoms with E-state index in [0.717, 1.165) is 6.08 Å². The van der Waals surface area contributed by atoms with Gasteiger partial charge in [-0.1, -0.05) is 0 Å². The molecule has 0 aliphatic carbocycles. The molecule has 0 N–H and O–H groups in total. The number of halogens is 4. The third-order valence-electron chi connectivity index (χ3n) is 2.59. The van der Waals surface area contributed by atoms with E-state index >= 15 is 0 Å². The van der Waals surface area contributed by atoms with Gasteiger partial charge in [-0.15, -0.1) is 0 Å². The largest absolute Gasteiger partial charge is 0.483 e. The number of alkyl halides is 3. The van der Waals surface area contributed by atoms with Gasteiger partial charge in [-0.25, -0.2) is 4.79 Å². The fourth-order valence-corrected chi connectivity index (χ4v) is 2.00. The molecule has 0 unspecified atom stereocenters. The zero-order valence-electron chi connectivity index (χ0n) is 10.6. The Morgan fingerprint density at radius 2 is 2.05 bits per heavy atom. The third kappa shape index (κ3) is 3.85. The van der Waals surface area contributed by atoms with E-state index in [1.165, 1.54) is 13.0 Å². The summed E-state index contributed by atoms with van der Waals surface area (Å²) in [4.78, 5) is 21.8. The van der Waals surface area contributed by atoms with Crippen LogP contribution in [0.15, 0.2) is 6.07 Å². The molecule has 0 aliphatic rings. The Balaban J connectivity index is 3.38. The molecule has 20 heavy (non-hydrogen) atoms. The highest BCUT2D eigenvalue weighted by atomic mass is 35.5. The molecule has 0 aliphatic heterocycles. The Kier molecular flexibility index (Phi) is 4.98. The van der Waals surface area contributed by atoms with E-state index < -0.39 is 18.0 Å². The van der Waals surface area contributed by atoms with Gasteiger partial charge in [-0.3, -0.25) is 4.79 Å². The van der Waals surface area contributed by atoms with Gasteiger partial charge in [0.1, 0.15) is 11.7 Å². The van der Waals surface area contributed by atoms with Crippen molar-refractivity contribution in [3.63, 3.8) is 0 Å². The number of benzene rings is 1. The topological polar surface area (TPSA) is 43.4 Å². The van der Waals surface area contributed by atoms with Crippen molar-refractivity contribution in [1.82, 2.24) is 0 Å². The SMILES string of the molecule is Cc1cc(OCC(F)(F)F)c(C(=O)Cl)c(C)c1C=C=O. The minimum atomic E-state index is -4.53. The smallest absolute Gasteiger partial charge is 0.422 e. The van der Waals surface area contributed by atoms with Gasteiger partial charge in [-0.2, -0.15) is 13.2 Å². The monoisotopic (exact) mass is 306 g/mol. The first kappa shape index (κ1) is 16.3. The van der Waals surface area contributed by atoms with Gasteiger partial charge in [-0.05, 0) is 48.2 Å². The molecule has 1 rings (SSSR count). The summed E-state index contributed by atoms with van der Waals surface area (Å²) in [5.41, 5.74) is 0.932. The van der Waals surface area contributed by atoms with Crippen LogP contribution in [-0.4, -0.2) is 24.0 Å². The summed E-state index contributed by atoms with van der Waals surface area (Å²) in [7, 11) is 0. The molecule has 0 fully saturated rings. The van der Waals surface area contributed by atoms with Crippen LogP contribution in [0.3, 0.4) is 0 Å². The summed E-state index contributed by atoms with van der Waals surface area (Å²) in [6.45, 7) is 1.50. The van der Waals surface area contributed by atoms with Crippen molar-refractivity contribution in [1.29, 1.82) is 0 Å². The van der Waals surface area contributed by atoms with E-state index in [2.05, 4.69) is 4.74 Å². The molecule has 1 aromatic rings. The van der Waals surface area contributed by atoms with E-state index in [4.69, 9.17) is 11.6 Å². The van der Waals surface area contributed by atoms with E-state index in [1.54, 1.807) is 12.9 Å². The lowest BCUT2D eigenvalue weighted by Gasteiger charge is -2.16. The molecule has 0 saturated heterocycles. The van der Waals surface area contributed by atoms with Gasteiger partial charge in [0.15, 0.2) is 6.61 Å². The second-order valence-corrected chi connectivity index (χ2v) is 4.39. The predicted molar refractivity (Wildman–Crippen MR) is 67.8 cm³/mol. The van der Waals surface area contributed by atoms with Crippen LogP contribution in [-0.2, 0) is 4.79 Å². The summed E-state index contributed by atoms with van der Waals surface area (Å²) in [6, 6.07) is 1.23. The average Bonchev–Trinajstić information content (AvgIpc) is 2.30. The van der Waals surface area contributed by atoms with Crippen molar-refractivity contribution in [2.24, 2.45) is 0 Å². The molecule has 0 amide bonds. The fourth-order valence-electron chi connectivity index (χ4n) is 1.76. The van der Waals surface area contributed by atoms with E-state index in [0.29, 0.717) is 11.1 Å². The van der Waals surface area contributed by atoms with Crippen LogP contribution in [0.5, 0.6) is 5.75 Å². The molecule has 108 valence electrons. The summed E-state index contributed by atoms with van der Waals surface area (Å²) in [6.07, 6.45) is -3.45. The Labute approximate surface area is 118 Å². The lowest BCUT2D eigenvalue weighted by atomic mass is 9.97. The maximum atomic E-state index is 12.2. The van der Waals surface area contributed by atoms with Gasteiger partial charge in [0, 0.05) is 6.08 Å². The van der Waals surface area contributed by atoms with Crippen molar-refractivity contribution in [3.8, 4) is 5.75 Å². The summed E-state index contributed by atoms with van der Waals surface area (Å²) >= 11 is 5.38. The summed E-state index contributed by atoms with van der Waals surface area (Å²) in [5.74, 6) is 1.29. The van der Waals surface area contributed by atoms with Crippen LogP contribution in [0.4, 0.5) is 13.2 Å². The molecule has 0 saturated carbocycles. The predicted octanol–water partition coefficient (Wildman–Crippen LogP) is 3.47. The Hall–Kier alpha value is -1.78. The van der Waals surface area contributed by atoms with Gasteiger partial charge in [0.2, 0.25) is 0 Å². The molecule has 0 heterocycles. The normalized spacial score (nSPS) is 10.9. The lowest BCUT2D eigenvalue weighted by molar-refractivity contribution is -0.153. The number of hydrogen-bond donors (Lipinski definition) is 0. The van der Waals surface area contributed by atoms with Crippen molar-refractivity contribution in [2.45, 2.75) is 20.0 Å². The van der Waals surface area contributed by atoms with Crippen molar-refractivity contribution in [3.05, 3.63) is 28.3 Å². The van der Waals surface area contributed by atoms with Gasteiger partial charge >= 0.3 is 6.18 Å². The lowest BCUT2D eigenvalue weighted by Crippen LogP contribution is -2.20. The van der Waals surface area contributed by atoms with Crippen LogP contribution < -0.4 is 4.74 Å². The molecule has 3 nitrogen and oxygen atoms in total. The first-order valence-electron chi connectivity index (χ1n) is 5.42. The second kappa shape index (κ2) is 6.11. The average molecular weight is 307 g/mol. The second-order valence-electron chi connectivity index (χ2n) is 4.05. The highest BCUT2D eigenvalue weighted by Gasteiger charge is 2.30. The first-order valence-corrected chi connectivity index (χ1v) is 5.79. The zero-order chi connectivity index (χ0) is 15.5. The molecule has 0 bridgehead atoms. The van der Waals surface area contributed by atoms with Crippen LogP contribution in [0.1, 0.15) is 27.0 Å². The van der Waals surface area contributed by atoms with Crippen molar-refractivity contribution >= 4 is 28.9 Å². The van der Waals surface area contributed by atoms with Crippen molar-refractivity contribution < 1.29 is 27.5 Å². The fraction of sp³-hybridized carbons (Fsp3) is 0.308. The standard InChI is InChI=1S/C13H10ClF3O3/c1-7-5-10(20-6-13(15,16)17)11(12(14)19)8(2)9(7)3-4-18/h3,5H,6H2,1-2H3. The number of ether oxygens (including phenoxy) is 1. The molecule has 0 atom stereocenters. The molecular formula is C13H10ClF3O3. The van der Waals surface area contributed by atoms with E-state index in [9.17, 15) is 22.8 Å². The quantitative estimate of drug-likeness (QED) is 0.632. The number of hydrogen-bond acceptors (Lipinski definition) is 3. The minimum absolute atomic E-state index is 0.192. The molecule has 0 aromatic heterocycles. The van der Waals surface area contributed by atoms with Crippen LogP contribution in [0, 0.1) is 13.8 Å². The molecule has 0 radical (unpaired) electrons. The molecule has 7 heteroatoms. The van der Waals surface area contributed by atoms with E-state index in [-0.39, 0.29) is 16.9 Å². The maximum absolute atomic E-state index is 12.2. The highest BCUT2D eigenvalue weighted by Crippen LogP contribution is 2.31. The van der Waals surface area contributed by atoms with Gasteiger partial charge < -0.3 is 4.74 Å². The van der Waals surface area contributed by atoms with Crippen LogP contribution >= 0.6 is 11.6 Å². The van der Waals surface area contributed by atoms with E-state index in [1.807, 2.05) is 0 Å². The third-order valence-corrected chi connectivity index (χ3v) is 2.78. The number of aryl methyl sites for hydroxylation is 1. The maximum Gasteiger partial charge on any atom is 0.422 e. The van der Waals surface area contributed by atoms with Crippen molar-refractivity contribution in [2.75, 3.05) is 6.61 Å². The molecule has 1 aromatic carbocycles. The molecule has 0 spiro atoms. The summed E-state index contributed by atoms with van der Waals surface area (Å²) < 4.78 is 41.1. The minimum Gasteiger partial charge on any atom is -0.483 e. The number of carbonyl (C=O) groups excluding carboxylic acids is 2. The molecular weight excluding hydrogens is 297 g/mol. The van der Waals surface area contributed by atoms with Crippen LogP contribution in [0.2, 0.25) is 0 Å². The Morgan fingerprint density at radius 3 is 2.50 bits per heavy atom. The Morgan fingerprint density at radius 1 is 1.45 bits per heavy atom. The first-order chi connectivity index (χ1) is 9.17.